The molecule has 2 heterocycles. The fourth-order valence-electron chi connectivity index (χ4n) is 2.02. The van der Waals surface area contributed by atoms with Crippen LogP contribution < -0.4 is 9.47 Å². The van der Waals surface area contributed by atoms with Crippen LogP contribution in [0.25, 0.3) is 11.3 Å². The number of benzene rings is 1. The summed E-state index contributed by atoms with van der Waals surface area (Å²) in [6.07, 6.45) is 3.26. The van der Waals surface area contributed by atoms with E-state index >= 15 is 0 Å². The van der Waals surface area contributed by atoms with Gasteiger partial charge < -0.3 is 19.3 Å². The molecule has 0 atom stereocenters. The minimum Gasteiger partial charge on any atom is -0.454 e. The average Bonchev–Trinajstić information content (AvgIpc) is 3.05. The number of aromatic nitrogens is 3. The molecule has 0 spiro atoms. The number of hydrogen-bond acceptors (Lipinski definition) is 7. The number of nitrogens with zero attached hydrogens (tertiary/aromatic N) is 7. The molecule has 9 nitrogen and oxygen atoms in total. The fourth-order valence-corrected chi connectivity index (χ4v) is 2.02. The summed E-state index contributed by atoms with van der Waals surface area (Å²) in [5, 5.41) is 8.32. The molecule has 0 amide bonds. The molecule has 0 aliphatic carbocycles. The minimum absolute atomic E-state index is 0.215. The van der Waals surface area contributed by atoms with Gasteiger partial charge in [0.25, 0.3) is 5.95 Å². The summed E-state index contributed by atoms with van der Waals surface area (Å²) in [5.74, 6) is 2.03. The van der Waals surface area contributed by atoms with Gasteiger partial charge in [0.2, 0.25) is 6.79 Å². The maximum absolute atomic E-state index is 5.42. The third-order valence-electron chi connectivity index (χ3n) is 3.12. The van der Waals surface area contributed by atoms with Crippen LogP contribution in [-0.2, 0) is 0 Å². The Hall–Kier alpha value is -3.23. The highest BCUT2D eigenvalue weighted by molar-refractivity contribution is 5.75. The number of rotatable bonds is 5. The van der Waals surface area contributed by atoms with E-state index in [1.807, 2.05) is 51.3 Å². The van der Waals surface area contributed by atoms with Gasteiger partial charge in [-0.05, 0) is 18.2 Å². The molecule has 0 N–H and O–H groups in total. The van der Waals surface area contributed by atoms with Crippen molar-refractivity contribution in [1.82, 2.24) is 25.0 Å². The smallest absolute Gasteiger partial charge is 0.272 e. The molecule has 0 fully saturated rings. The lowest BCUT2D eigenvalue weighted by atomic mass is 10.1. The lowest BCUT2D eigenvalue weighted by Gasteiger charge is -2.07. The third-order valence-corrected chi connectivity index (χ3v) is 3.12. The zero-order chi connectivity index (χ0) is 17.8. The second kappa shape index (κ2) is 7.12. The molecule has 1 aliphatic heterocycles. The van der Waals surface area contributed by atoms with Crippen molar-refractivity contribution in [1.29, 1.82) is 0 Å². The van der Waals surface area contributed by atoms with Gasteiger partial charge in [-0.3, -0.25) is 0 Å². The molecule has 0 saturated carbocycles. The number of hydrogen-bond donors (Lipinski definition) is 0. The first-order chi connectivity index (χ1) is 12.0. The Morgan fingerprint density at radius 3 is 2.44 bits per heavy atom. The molecule has 0 bridgehead atoms. The van der Waals surface area contributed by atoms with E-state index in [0.29, 0.717) is 23.0 Å². The lowest BCUT2D eigenvalue weighted by Crippen LogP contribution is -2.08. The molecular weight excluding hydrogens is 322 g/mol. The molecule has 1 aromatic heterocycles. The van der Waals surface area contributed by atoms with Crippen molar-refractivity contribution >= 4 is 24.4 Å². The third kappa shape index (κ3) is 4.00. The van der Waals surface area contributed by atoms with Crippen LogP contribution in [0.4, 0.5) is 11.8 Å². The Morgan fingerprint density at radius 1 is 0.960 bits per heavy atom. The Labute approximate surface area is 145 Å². The summed E-state index contributed by atoms with van der Waals surface area (Å²) in [7, 11) is 7.49. The van der Waals surface area contributed by atoms with E-state index < -0.39 is 0 Å². The highest BCUT2D eigenvalue weighted by Gasteiger charge is 2.17. The van der Waals surface area contributed by atoms with Gasteiger partial charge >= 0.3 is 0 Å². The van der Waals surface area contributed by atoms with Crippen molar-refractivity contribution in [2.45, 2.75) is 0 Å². The average molecular weight is 341 g/mol. The lowest BCUT2D eigenvalue weighted by molar-refractivity contribution is 0.174. The predicted molar refractivity (Wildman–Crippen MR) is 95.1 cm³/mol. The molecule has 2 aromatic rings. The van der Waals surface area contributed by atoms with E-state index in [9.17, 15) is 0 Å². The van der Waals surface area contributed by atoms with Crippen molar-refractivity contribution in [2.75, 3.05) is 35.0 Å². The predicted octanol–water partition coefficient (Wildman–Crippen LogP) is 1.71. The first-order valence-corrected chi connectivity index (χ1v) is 7.59. The minimum atomic E-state index is 0.215. The Bertz CT molecular complexity index is 818. The number of ether oxygens (including phenoxy) is 2. The van der Waals surface area contributed by atoms with Crippen LogP contribution in [0.15, 0.2) is 28.2 Å². The second-order valence-corrected chi connectivity index (χ2v) is 5.77. The number of aliphatic imine (C=N–C) groups is 2. The van der Waals surface area contributed by atoms with Gasteiger partial charge in [-0.1, -0.05) is 0 Å². The molecule has 0 radical (unpaired) electrons. The zero-order valence-corrected chi connectivity index (χ0v) is 14.5. The summed E-state index contributed by atoms with van der Waals surface area (Å²) < 4.78 is 10.8. The normalized spacial score (nSPS) is 13.0. The summed E-state index contributed by atoms with van der Waals surface area (Å²) >= 11 is 0. The van der Waals surface area contributed by atoms with Crippen LogP contribution in [0.3, 0.4) is 0 Å². The Balaban J connectivity index is 2.02. The van der Waals surface area contributed by atoms with Crippen molar-refractivity contribution in [3.05, 3.63) is 18.2 Å². The maximum Gasteiger partial charge on any atom is 0.272 e. The van der Waals surface area contributed by atoms with Gasteiger partial charge in [0.05, 0.1) is 12.7 Å². The molecule has 9 heteroatoms. The summed E-state index contributed by atoms with van der Waals surface area (Å²) in [6.45, 7) is 0.215. The molecule has 3 rings (SSSR count). The van der Waals surface area contributed by atoms with Gasteiger partial charge in [0.1, 0.15) is 5.69 Å². The molecular formula is C16H19N7O2. The van der Waals surface area contributed by atoms with Gasteiger partial charge in [-0.25, -0.2) is 9.98 Å². The van der Waals surface area contributed by atoms with E-state index in [0.717, 1.165) is 5.56 Å². The second-order valence-electron chi connectivity index (χ2n) is 5.77. The fraction of sp³-hybridized carbons (Fsp3) is 0.312. The highest BCUT2D eigenvalue weighted by Crippen LogP contribution is 2.37. The number of fused-ring (bicyclic) bond motifs is 1. The van der Waals surface area contributed by atoms with Crippen LogP contribution in [0, 0.1) is 0 Å². The van der Waals surface area contributed by atoms with Crippen LogP contribution in [-0.4, -0.2) is 72.6 Å². The molecule has 0 unspecified atom stereocenters. The summed E-state index contributed by atoms with van der Waals surface area (Å²) in [4.78, 5) is 16.6. The Kier molecular flexibility index (Phi) is 4.73. The Morgan fingerprint density at radius 2 is 1.68 bits per heavy atom. The van der Waals surface area contributed by atoms with Gasteiger partial charge in [0, 0.05) is 33.8 Å². The summed E-state index contributed by atoms with van der Waals surface area (Å²) in [6, 6.07) is 5.54. The van der Waals surface area contributed by atoms with Crippen LogP contribution in [0.2, 0.25) is 0 Å². The van der Waals surface area contributed by atoms with E-state index in [-0.39, 0.29) is 12.7 Å². The van der Waals surface area contributed by atoms with Crippen molar-refractivity contribution in [2.24, 2.45) is 9.98 Å². The molecule has 1 aromatic carbocycles. The zero-order valence-electron chi connectivity index (χ0n) is 14.5. The SMILES string of the molecule is CN(C)/C=N/c1nnc(-c2ccc3c(c2)OCO3)c(/N=C/N(C)C)n1. The topological polar surface area (TPSA) is 88.3 Å². The van der Waals surface area contributed by atoms with Crippen LogP contribution >= 0.6 is 0 Å². The van der Waals surface area contributed by atoms with E-state index in [4.69, 9.17) is 9.47 Å². The maximum atomic E-state index is 5.42. The first-order valence-electron chi connectivity index (χ1n) is 7.59. The molecule has 25 heavy (non-hydrogen) atoms. The van der Waals surface area contributed by atoms with Gasteiger partial charge in [0.15, 0.2) is 17.3 Å². The van der Waals surface area contributed by atoms with Crippen molar-refractivity contribution < 1.29 is 9.47 Å². The largest absolute Gasteiger partial charge is 0.454 e. The van der Waals surface area contributed by atoms with Crippen molar-refractivity contribution in [3.63, 3.8) is 0 Å². The monoisotopic (exact) mass is 341 g/mol. The van der Waals surface area contributed by atoms with Crippen LogP contribution in [0.5, 0.6) is 11.5 Å². The molecule has 1 aliphatic rings. The summed E-state index contributed by atoms with van der Waals surface area (Å²) in [5.41, 5.74) is 1.33. The van der Waals surface area contributed by atoms with Crippen LogP contribution in [0.1, 0.15) is 0 Å². The van der Waals surface area contributed by atoms with Crippen molar-refractivity contribution in [3.8, 4) is 22.8 Å². The highest BCUT2D eigenvalue weighted by atomic mass is 16.7. The van der Waals surface area contributed by atoms with E-state index in [1.54, 1.807) is 17.6 Å². The van der Waals surface area contributed by atoms with E-state index in [2.05, 4.69) is 25.2 Å². The van der Waals surface area contributed by atoms with E-state index in [1.165, 1.54) is 0 Å². The van der Waals surface area contributed by atoms with Gasteiger partial charge in [-0.2, -0.15) is 4.98 Å². The molecule has 130 valence electrons. The standard InChI is InChI=1S/C16H19N7O2/c1-22(2)8-17-15-14(20-21-16(19-15)18-9-23(3)4)11-5-6-12-13(7-11)25-10-24-12/h5-9H,10H2,1-4H3/b17-8+,18-9+. The first kappa shape index (κ1) is 16.6. The van der Waals surface area contributed by atoms with Gasteiger partial charge in [-0.15, -0.1) is 10.2 Å². The molecule has 0 saturated heterocycles. The quantitative estimate of drug-likeness (QED) is 0.604.